The quantitative estimate of drug-likeness (QED) is 0.471. The van der Waals surface area contributed by atoms with Crippen molar-refractivity contribution in [1.29, 1.82) is 0 Å². The Balaban J connectivity index is 1.32. The number of rotatable bonds is 7. The molecule has 3 unspecified atom stereocenters. The van der Waals surface area contributed by atoms with Crippen molar-refractivity contribution in [2.45, 2.75) is 109 Å². The van der Waals surface area contributed by atoms with E-state index in [-0.39, 0.29) is 12.0 Å². The molecule has 0 spiro atoms. The number of piperidine rings is 1. The first kappa shape index (κ1) is 24.8. The van der Waals surface area contributed by atoms with Gasteiger partial charge in [0.2, 0.25) is 0 Å². The van der Waals surface area contributed by atoms with Crippen molar-refractivity contribution in [2.75, 3.05) is 13.2 Å². The first-order valence-corrected chi connectivity index (χ1v) is 13.5. The van der Waals surface area contributed by atoms with Crippen molar-refractivity contribution >= 4 is 0 Å². The molecule has 4 heterocycles. The van der Waals surface area contributed by atoms with Crippen molar-refractivity contribution < 1.29 is 13.5 Å². The Morgan fingerprint density at radius 3 is 2.29 bits per heavy atom. The lowest BCUT2D eigenvalue weighted by atomic mass is 9.77. The molecular weight excluding hydrogens is 446 g/mol. The second-order valence-electron chi connectivity index (χ2n) is 11.4. The molecule has 2 bridgehead atoms. The molecule has 35 heavy (non-hydrogen) atoms. The summed E-state index contributed by atoms with van der Waals surface area (Å²) in [7, 11) is 0. The van der Waals surface area contributed by atoms with Gasteiger partial charge in [-0.15, -0.1) is 10.2 Å². The van der Waals surface area contributed by atoms with E-state index in [1.54, 1.807) is 12.1 Å². The molecule has 0 aliphatic carbocycles. The summed E-state index contributed by atoms with van der Waals surface area (Å²) >= 11 is 0. The Bertz CT molecular complexity index is 990. The average molecular weight is 487 g/mol. The maximum atomic E-state index is 14.2. The van der Waals surface area contributed by atoms with Crippen LogP contribution in [0.1, 0.15) is 101 Å². The molecule has 0 radical (unpaired) electrons. The van der Waals surface area contributed by atoms with Gasteiger partial charge < -0.3 is 9.30 Å². The van der Waals surface area contributed by atoms with Crippen LogP contribution >= 0.6 is 0 Å². The number of aromatic nitrogens is 3. The largest absolute Gasteiger partial charge is 0.378 e. The summed E-state index contributed by atoms with van der Waals surface area (Å²) in [6.07, 6.45) is 7.74. The number of benzene rings is 1. The first-order chi connectivity index (χ1) is 16.8. The molecular formula is C28H40F2N4O. The molecule has 192 valence electrons. The highest BCUT2D eigenvalue weighted by Crippen LogP contribution is 2.44. The Hall–Kier alpha value is -1.86. The third kappa shape index (κ3) is 5.17. The zero-order valence-corrected chi connectivity index (χ0v) is 21.6. The highest BCUT2D eigenvalue weighted by Gasteiger charge is 2.42. The van der Waals surface area contributed by atoms with Gasteiger partial charge in [-0.2, -0.15) is 0 Å². The highest BCUT2D eigenvalue weighted by atomic mass is 19.1. The normalized spacial score (nSPS) is 30.2. The fourth-order valence-corrected chi connectivity index (χ4v) is 7.20. The number of hydrogen-bond donors (Lipinski definition) is 0. The van der Waals surface area contributed by atoms with Crippen LogP contribution in [0, 0.1) is 24.5 Å². The third-order valence-corrected chi connectivity index (χ3v) is 8.74. The van der Waals surface area contributed by atoms with Gasteiger partial charge in [0.05, 0.1) is 6.10 Å². The van der Waals surface area contributed by atoms with E-state index in [0.717, 1.165) is 68.5 Å². The summed E-state index contributed by atoms with van der Waals surface area (Å²) in [4.78, 5) is 2.71. The number of halogens is 2. The molecule has 5 nitrogen and oxygen atoms in total. The van der Waals surface area contributed by atoms with Crippen molar-refractivity contribution in [3.8, 4) is 0 Å². The lowest BCUT2D eigenvalue weighted by Crippen LogP contribution is -2.44. The molecule has 1 aromatic carbocycles. The summed E-state index contributed by atoms with van der Waals surface area (Å²) in [5.74, 6) is 2.07. The Kier molecular flexibility index (Phi) is 7.27. The van der Waals surface area contributed by atoms with E-state index < -0.39 is 11.6 Å². The van der Waals surface area contributed by atoms with Crippen LogP contribution < -0.4 is 0 Å². The van der Waals surface area contributed by atoms with Gasteiger partial charge in [0, 0.05) is 36.7 Å². The van der Waals surface area contributed by atoms with Gasteiger partial charge in [-0.1, -0.05) is 13.8 Å². The highest BCUT2D eigenvalue weighted by molar-refractivity contribution is 5.23. The van der Waals surface area contributed by atoms with Crippen LogP contribution in [0.25, 0.3) is 0 Å². The fourth-order valence-electron chi connectivity index (χ4n) is 7.20. The van der Waals surface area contributed by atoms with Crippen LogP contribution in [-0.4, -0.2) is 51.0 Å². The summed E-state index contributed by atoms with van der Waals surface area (Å²) < 4.78 is 36.5. The second-order valence-corrected chi connectivity index (χ2v) is 11.4. The lowest BCUT2D eigenvalue weighted by Gasteiger charge is -2.41. The molecule has 0 N–H and O–H groups in total. The van der Waals surface area contributed by atoms with Gasteiger partial charge in [-0.3, -0.25) is 4.90 Å². The molecule has 3 fully saturated rings. The number of nitrogens with zero attached hydrogens (tertiary/aromatic N) is 4. The number of hydrogen-bond acceptors (Lipinski definition) is 4. The van der Waals surface area contributed by atoms with E-state index >= 15 is 0 Å². The Morgan fingerprint density at radius 2 is 1.66 bits per heavy atom. The van der Waals surface area contributed by atoms with Gasteiger partial charge in [0.25, 0.3) is 0 Å². The predicted octanol–water partition coefficient (Wildman–Crippen LogP) is 6.15. The van der Waals surface area contributed by atoms with Gasteiger partial charge in [0.15, 0.2) is 0 Å². The van der Waals surface area contributed by atoms with Crippen LogP contribution in [0.15, 0.2) is 18.2 Å². The van der Waals surface area contributed by atoms with Gasteiger partial charge in [-0.05, 0) is 94.9 Å². The van der Waals surface area contributed by atoms with E-state index in [2.05, 4.69) is 47.4 Å². The average Bonchev–Trinajstić information content (AvgIpc) is 3.29. The lowest BCUT2D eigenvalue weighted by molar-refractivity contribution is -0.00619. The molecule has 0 amide bonds. The molecule has 0 saturated carbocycles. The van der Waals surface area contributed by atoms with Crippen LogP contribution in [0.2, 0.25) is 0 Å². The summed E-state index contributed by atoms with van der Waals surface area (Å²) in [5, 5.41) is 8.87. The van der Waals surface area contributed by atoms with Gasteiger partial charge in [0.1, 0.15) is 23.3 Å². The monoisotopic (exact) mass is 486 g/mol. The minimum absolute atomic E-state index is 0.149. The molecule has 3 aliphatic heterocycles. The molecule has 5 rings (SSSR count). The predicted molar refractivity (Wildman–Crippen MR) is 132 cm³/mol. The zero-order valence-electron chi connectivity index (χ0n) is 21.6. The van der Waals surface area contributed by atoms with Crippen LogP contribution in [0.5, 0.6) is 0 Å². The SMILES string of the molecule is Cc1nnc(C(C)C)n1C1CC2CCC(C1)N2CC[C@@H](c1cc(F)cc(F)c1)C1CCO[C@@H](C)C1. The fraction of sp³-hybridized carbons (Fsp3) is 0.714. The van der Waals surface area contributed by atoms with E-state index in [4.69, 9.17) is 4.74 Å². The third-order valence-electron chi connectivity index (χ3n) is 8.74. The smallest absolute Gasteiger partial charge is 0.135 e. The second kappa shape index (κ2) is 10.3. The summed E-state index contributed by atoms with van der Waals surface area (Å²) in [5.41, 5.74) is 0.811. The molecule has 5 atom stereocenters. The molecule has 3 aliphatic rings. The summed E-state index contributed by atoms with van der Waals surface area (Å²) in [6.45, 7) is 10.3. The summed E-state index contributed by atoms with van der Waals surface area (Å²) in [6, 6.07) is 5.66. The molecule has 2 aromatic rings. The van der Waals surface area contributed by atoms with Crippen LogP contribution in [0.4, 0.5) is 8.78 Å². The topological polar surface area (TPSA) is 43.2 Å². The number of aryl methyl sites for hydroxylation is 1. The first-order valence-electron chi connectivity index (χ1n) is 13.5. The van der Waals surface area contributed by atoms with E-state index in [9.17, 15) is 8.78 Å². The van der Waals surface area contributed by atoms with Gasteiger partial charge in [-0.25, -0.2) is 8.78 Å². The maximum Gasteiger partial charge on any atom is 0.135 e. The zero-order chi connectivity index (χ0) is 24.7. The van der Waals surface area contributed by atoms with Gasteiger partial charge >= 0.3 is 0 Å². The van der Waals surface area contributed by atoms with Crippen molar-refractivity contribution in [1.82, 2.24) is 19.7 Å². The van der Waals surface area contributed by atoms with E-state index in [1.165, 1.54) is 12.8 Å². The van der Waals surface area contributed by atoms with E-state index in [0.29, 0.717) is 30.0 Å². The minimum atomic E-state index is -0.476. The molecule has 3 saturated heterocycles. The van der Waals surface area contributed by atoms with Crippen LogP contribution in [0.3, 0.4) is 0 Å². The number of ether oxygens (including phenoxy) is 1. The molecule has 1 aromatic heterocycles. The van der Waals surface area contributed by atoms with Crippen molar-refractivity contribution in [3.05, 3.63) is 47.0 Å². The number of fused-ring (bicyclic) bond motifs is 2. The Labute approximate surface area is 208 Å². The minimum Gasteiger partial charge on any atom is -0.378 e. The van der Waals surface area contributed by atoms with Crippen molar-refractivity contribution in [3.63, 3.8) is 0 Å². The van der Waals surface area contributed by atoms with E-state index in [1.807, 2.05) is 0 Å². The molecule has 7 heteroatoms. The Morgan fingerprint density at radius 1 is 0.971 bits per heavy atom. The standard InChI is InChI=1S/C28H40F2N4O/c1-17(2)28-32-31-19(4)34(28)26-15-24-5-6-25(16-26)33(24)9-7-27(20-8-10-35-18(3)11-20)21-12-22(29)14-23(30)13-21/h12-14,17-18,20,24-27H,5-11,15-16H2,1-4H3/t18-,20?,24?,25?,26?,27+/m0/s1. The van der Waals surface area contributed by atoms with Crippen molar-refractivity contribution in [2.24, 2.45) is 5.92 Å². The maximum absolute atomic E-state index is 14.2. The van der Waals surface area contributed by atoms with Crippen LogP contribution in [-0.2, 0) is 4.74 Å².